The van der Waals surface area contributed by atoms with Crippen LogP contribution in [0.4, 0.5) is 10.1 Å². The molecule has 1 saturated heterocycles. The van der Waals surface area contributed by atoms with Gasteiger partial charge in [-0.15, -0.1) is 0 Å². The molecule has 2 heterocycles. The van der Waals surface area contributed by atoms with Crippen LogP contribution < -0.4 is 11.1 Å². The highest BCUT2D eigenvalue weighted by Gasteiger charge is 2.33. The molecule has 1 fully saturated rings. The van der Waals surface area contributed by atoms with E-state index in [2.05, 4.69) is 10.3 Å². The van der Waals surface area contributed by atoms with Gasteiger partial charge in [0.1, 0.15) is 5.82 Å². The Hall–Kier alpha value is -2.03. The van der Waals surface area contributed by atoms with Gasteiger partial charge < -0.3 is 11.1 Å². The van der Waals surface area contributed by atoms with Crippen LogP contribution in [0.3, 0.4) is 0 Å². The lowest BCUT2D eigenvalue weighted by Crippen LogP contribution is -2.53. The number of piperazine rings is 1. The highest BCUT2D eigenvalue weighted by molar-refractivity contribution is 7.89. The molecule has 0 amide bonds. The summed E-state index contributed by atoms with van der Waals surface area (Å²) >= 11 is 0. The molecule has 1 aliphatic rings. The molecule has 8 heteroatoms. The van der Waals surface area contributed by atoms with Gasteiger partial charge in [-0.1, -0.05) is 18.2 Å². The molecule has 0 saturated carbocycles. The zero-order valence-electron chi connectivity index (χ0n) is 13.7. The van der Waals surface area contributed by atoms with Crippen molar-refractivity contribution in [3.05, 3.63) is 54.1 Å². The van der Waals surface area contributed by atoms with E-state index in [1.54, 1.807) is 30.3 Å². The first-order valence-corrected chi connectivity index (χ1v) is 9.59. The van der Waals surface area contributed by atoms with Gasteiger partial charge in [0.2, 0.25) is 10.0 Å². The predicted octanol–water partition coefficient (Wildman–Crippen LogP) is 1.40. The number of nitrogens with two attached hydrogens (primary N) is 1. The number of nitrogens with zero attached hydrogens (tertiary/aromatic N) is 2. The standard InChI is InChI=1S/C17H21FN4O2S/c18-16-11-21-12-17(19)15(16)7-6-13-10-20-8-9-22(13)25(23,24)14-4-2-1-3-5-14/h1-5,11-13,20H,6-10,19H2/t13-/m0/s1. The Balaban J connectivity index is 1.80. The Labute approximate surface area is 146 Å². The van der Waals surface area contributed by atoms with Crippen LogP contribution in [0, 0.1) is 5.82 Å². The van der Waals surface area contributed by atoms with E-state index in [-0.39, 0.29) is 10.9 Å². The molecular weight excluding hydrogens is 343 g/mol. The quantitative estimate of drug-likeness (QED) is 0.837. The monoisotopic (exact) mass is 364 g/mol. The van der Waals surface area contributed by atoms with Crippen molar-refractivity contribution in [2.45, 2.75) is 23.8 Å². The summed E-state index contributed by atoms with van der Waals surface area (Å²) in [6.07, 6.45) is 3.37. The average molecular weight is 364 g/mol. The fraction of sp³-hybridized carbons (Fsp3) is 0.353. The minimum atomic E-state index is -3.58. The highest BCUT2D eigenvalue weighted by atomic mass is 32.2. The van der Waals surface area contributed by atoms with Gasteiger partial charge in [-0.2, -0.15) is 4.31 Å². The van der Waals surface area contributed by atoms with Gasteiger partial charge in [0.05, 0.1) is 23.0 Å². The van der Waals surface area contributed by atoms with E-state index in [1.165, 1.54) is 10.5 Å². The van der Waals surface area contributed by atoms with Gasteiger partial charge in [-0.05, 0) is 25.0 Å². The maximum Gasteiger partial charge on any atom is 0.243 e. The number of pyridine rings is 1. The number of benzene rings is 1. The maximum absolute atomic E-state index is 13.9. The minimum Gasteiger partial charge on any atom is -0.397 e. The van der Waals surface area contributed by atoms with Gasteiger partial charge in [0.15, 0.2) is 0 Å². The molecule has 1 atom stereocenters. The fourth-order valence-electron chi connectivity index (χ4n) is 3.08. The minimum absolute atomic E-state index is 0.258. The van der Waals surface area contributed by atoms with E-state index in [0.717, 1.165) is 6.20 Å². The summed E-state index contributed by atoms with van der Waals surface area (Å²) in [6.45, 7) is 1.50. The molecule has 1 aromatic carbocycles. The van der Waals surface area contributed by atoms with Crippen LogP contribution in [0.5, 0.6) is 0 Å². The summed E-state index contributed by atoms with van der Waals surface area (Å²) in [4.78, 5) is 3.99. The Morgan fingerprint density at radius 2 is 2.04 bits per heavy atom. The van der Waals surface area contributed by atoms with Crippen LogP contribution in [0.2, 0.25) is 0 Å². The molecule has 0 radical (unpaired) electrons. The second kappa shape index (κ2) is 7.47. The average Bonchev–Trinajstić information content (AvgIpc) is 2.62. The molecule has 3 N–H and O–H groups in total. The van der Waals surface area contributed by atoms with Crippen molar-refractivity contribution in [3.63, 3.8) is 0 Å². The number of sulfonamides is 1. The zero-order valence-corrected chi connectivity index (χ0v) is 14.5. The summed E-state index contributed by atoms with van der Waals surface area (Å²) in [5, 5.41) is 3.21. The van der Waals surface area contributed by atoms with Gasteiger partial charge >= 0.3 is 0 Å². The van der Waals surface area contributed by atoms with Crippen LogP contribution >= 0.6 is 0 Å². The molecule has 1 aromatic heterocycles. The van der Waals surface area contributed by atoms with Crippen molar-refractivity contribution in [1.29, 1.82) is 0 Å². The van der Waals surface area contributed by atoms with Crippen molar-refractivity contribution in [3.8, 4) is 0 Å². The second-order valence-corrected chi connectivity index (χ2v) is 7.91. The number of aromatic nitrogens is 1. The maximum atomic E-state index is 13.9. The Morgan fingerprint density at radius 3 is 2.76 bits per heavy atom. The van der Waals surface area contributed by atoms with Gasteiger partial charge in [-0.3, -0.25) is 4.98 Å². The predicted molar refractivity (Wildman–Crippen MR) is 93.9 cm³/mol. The third-order valence-corrected chi connectivity index (χ3v) is 6.38. The molecule has 3 rings (SSSR count). The number of nitrogen functional groups attached to an aromatic ring is 1. The van der Waals surface area contributed by atoms with Crippen LogP contribution in [-0.2, 0) is 16.4 Å². The molecule has 0 bridgehead atoms. The van der Waals surface area contributed by atoms with Gasteiger partial charge in [0.25, 0.3) is 0 Å². The van der Waals surface area contributed by atoms with Gasteiger partial charge in [-0.25, -0.2) is 12.8 Å². The van der Waals surface area contributed by atoms with E-state index >= 15 is 0 Å². The number of hydrogen-bond acceptors (Lipinski definition) is 5. The molecule has 25 heavy (non-hydrogen) atoms. The third kappa shape index (κ3) is 3.81. The largest absolute Gasteiger partial charge is 0.397 e. The van der Waals surface area contributed by atoms with Crippen molar-refractivity contribution < 1.29 is 12.8 Å². The van der Waals surface area contributed by atoms with Crippen LogP contribution in [0.25, 0.3) is 0 Å². The molecule has 2 aromatic rings. The Bertz CT molecular complexity index is 810. The first-order chi connectivity index (χ1) is 12.0. The topological polar surface area (TPSA) is 88.3 Å². The highest BCUT2D eigenvalue weighted by Crippen LogP contribution is 2.23. The second-order valence-electron chi connectivity index (χ2n) is 6.01. The van der Waals surface area contributed by atoms with Crippen molar-refractivity contribution in [2.24, 2.45) is 0 Å². The molecule has 134 valence electrons. The summed E-state index contributed by atoms with van der Waals surface area (Å²) in [5.74, 6) is -0.457. The first-order valence-electron chi connectivity index (χ1n) is 8.15. The number of nitrogens with one attached hydrogen (secondary N) is 1. The van der Waals surface area contributed by atoms with Crippen LogP contribution in [0.1, 0.15) is 12.0 Å². The van der Waals surface area contributed by atoms with Crippen LogP contribution in [-0.4, -0.2) is 43.4 Å². The lowest BCUT2D eigenvalue weighted by Gasteiger charge is -2.35. The van der Waals surface area contributed by atoms with Gasteiger partial charge in [0, 0.05) is 31.2 Å². The van der Waals surface area contributed by atoms with Crippen molar-refractivity contribution >= 4 is 15.7 Å². The number of hydrogen-bond donors (Lipinski definition) is 2. The number of rotatable bonds is 5. The van der Waals surface area contributed by atoms with E-state index in [0.29, 0.717) is 43.7 Å². The number of halogens is 1. The molecule has 0 spiro atoms. The SMILES string of the molecule is Nc1cncc(F)c1CC[C@H]1CNCCN1S(=O)(=O)c1ccccc1. The van der Waals surface area contributed by atoms with E-state index in [4.69, 9.17) is 5.73 Å². The zero-order chi connectivity index (χ0) is 17.9. The van der Waals surface area contributed by atoms with Crippen LogP contribution in [0.15, 0.2) is 47.6 Å². The third-order valence-electron chi connectivity index (χ3n) is 4.41. The molecule has 1 aliphatic heterocycles. The summed E-state index contributed by atoms with van der Waals surface area (Å²) < 4.78 is 41.3. The Morgan fingerprint density at radius 1 is 1.28 bits per heavy atom. The van der Waals surface area contributed by atoms with Crippen molar-refractivity contribution in [2.75, 3.05) is 25.4 Å². The van der Waals surface area contributed by atoms with E-state index in [1.807, 2.05) is 0 Å². The fourth-order valence-corrected chi connectivity index (χ4v) is 4.76. The van der Waals surface area contributed by atoms with E-state index in [9.17, 15) is 12.8 Å². The summed E-state index contributed by atoms with van der Waals surface area (Å²) in [5.41, 5.74) is 6.48. The Kier molecular flexibility index (Phi) is 5.31. The number of anilines is 1. The molecule has 6 nitrogen and oxygen atoms in total. The smallest absolute Gasteiger partial charge is 0.243 e. The first kappa shape index (κ1) is 17.8. The van der Waals surface area contributed by atoms with Crippen molar-refractivity contribution in [1.82, 2.24) is 14.6 Å². The lowest BCUT2D eigenvalue weighted by atomic mass is 10.0. The molecule has 0 aliphatic carbocycles. The summed E-state index contributed by atoms with van der Waals surface area (Å²) in [6, 6.07) is 8.12. The van der Waals surface area contributed by atoms with E-state index < -0.39 is 15.8 Å². The molecule has 0 unspecified atom stereocenters. The normalized spacial score (nSPS) is 19.0. The lowest BCUT2D eigenvalue weighted by molar-refractivity contribution is 0.255. The summed E-state index contributed by atoms with van der Waals surface area (Å²) in [7, 11) is -3.58. The molecular formula is C17H21FN4O2S.